The fraction of sp³-hybridized carbons (Fsp3) is 0.429. The molecule has 0 bridgehead atoms. The largest absolute Gasteiger partial charge is 0.325 e. The van der Waals surface area contributed by atoms with Crippen molar-refractivity contribution < 1.29 is 0 Å². The molecular formula is C21H29N. The van der Waals surface area contributed by atoms with E-state index < -0.39 is 0 Å². The minimum absolute atomic E-state index is 0.0478. The van der Waals surface area contributed by atoms with Crippen LogP contribution in [0.15, 0.2) is 48.5 Å². The van der Waals surface area contributed by atoms with Crippen LogP contribution in [0.2, 0.25) is 0 Å². The molecule has 0 aliphatic heterocycles. The van der Waals surface area contributed by atoms with Gasteiger partial charge in [-0.2, -0.15) is 0 Å². The van der Waals surface area contributed by atoms with Gasteiger partial charge in [-0.25, -0.2) is 0 Å². The van der Waals surface area contributed by atoms with Crippen LogP contribution in [0.5, 0.6) is 0 Å². The van der Waals surface area contributed by atoms with E-state index in [4.69, 9.17) is 5.73 Å². The zero-order valence-corrected chi connectivity index (χ0v) is 14.2. The summed E-state index contributed by atoms with van der Waals surface area (Å²) >= 11 is 0. The van der Waals surface area contributed by atoms with E-state index >= 15 is 0 Å². The fourth-order valence-electron chi connectivity index (χ4n) is 2.62. The molecule has 0 saturated carbocycles. The molecule has 0 fully saturated rings. The Morgan fingerprint density at radius 1 is 0.773 bits per heavy atom. The summed E-state index contributed by atoms with van der Waals surface area (Å²) in [6, 6.07) is 17.9. The Kier molecular flexibility index (Phi) is 5.79. The van der Waals surface area contributed by atoms with Gasteiger partial charge in [0.2, 0.25) is 0 Å². The third-order valence-electron chi connectivity index (χ3n) is 4.57. The van der Waals surface area contributed by atoms with Crippen LogP contribution in [0.1, 0.15) is 51.2 Å². The number of hydrogen-bond donors (Lipinski definition) is 1. The number of rotatable bonds is 7. The van der Waals surface area contributed by atoms with Gasteiger partial charge in [-0.05, 0) is 54.9 Å². The molecule has 2 aromatic carbocycles. The number of benzene rings is 2. The Morgan fingerprint density at radius 3 is 1.64 bits per heavy atom. The minimum atomic E-state index is -0.0478. The molecule has 0 aliphatic rings. The summed E-state index contributed by atoms with van der Waals surface area (Å²) in [5.74, 6) is 0. The minimum Gasteiger partial charge on any atom is -0.325 e. The molecule has 118 valence electrons. The van der Waals surface area contributed by atoms with Crippen molar-refractivity contribution in [2.45, 2.75) is 58.4 Å². The van der Waals surface area contributed by atoms with Gasteiger partial charge in [-0.1, -0.05) is 68.8 Å². The number of aryl methyl sites for hydroxylation is 2. The van der Waals surface area contributed by atoms with Gasteiger partial charge in [-0.3, -0.25) is 0 Å². The van der Waals surface area contributed by atoms with Gasteiger partial charge >= 0.3 is 0 Å². The molecule has 0 spiro atoms. The van der Waals surface area contributed by atoms with Gasteiger partial charge in [-0.15, -0.1) is 0 Å². The molecule has 1 heteroatoms. The van der Waals surface area contributed by atoms with Crippen LogP contribution in [-0.2, 0) is 12.8 Å². The zero-order valence-electron chi connectivity index (χ0n) is 14.2. The van der Waals surface area contributed by atoms with E-state index in [0.29, 0.717) is 0 Å². The molecule has 0 aromatic heterocycles. The molecule has 0 saturated heterocycles. The molecular weight excluding hydrogens is 266 g/mol. The molecule has 0 aliphatic carbocycles. The smallest absolute Gasteiger partial charge is 0.0126 e. The second-order valence-electron chi connectivity index (χ2n) is 6.65. The van der Waals surface area contributed by atoms with E-state index in [-0.39, 0.29) is 5.54 Å². The van der Waals surface area contributed by atoms with Crippen LogP contribution in [0.25, 0.3) is 11.1 Å². The van der Waals surface area contributed by atoms with Gasteiger partial charge < -0.3 is 5.73 Å². The lowest BCUT2D eigenvalue weighted by molar-refractivity contribution is 0.418. The molecule has 1 unspecified atom stereocenters. The molecule has 2 rings (SSSR count). The monoisotopic (exact) mass is 295 g/mol. The lowest BCUT2D eigenvalue weighted by Gasteiger charge is -2.22. The van der Waals surface area contributed by atoms with Crippen molar-refractivity contribution in [1.29, 1.82) is 0 Å². The standard InChI is InChI=1S/C21H29N/c1-4-6-17-7-11-19(12-8-17)20-13-9-18(10-14-20)15-16-21(3,22)5-2/h7-14H,4-6,15-16,22H2,1-3H3. The average Bonchev–Trinajstić information content (AvgIpc) is 2.55. The molecule has 22 heavy (non-hydrogen) atoms. The van der Waals surface area contributed by atoms with E-state index in [2.05, 4.69) is 69.3 Å². The molecule has 1 atom stereocenters. The summed E-state index contributed by atoms with van der Waals surface area (Å²) in [5.41, 5.74) is 11.6. The lowest BCUT2D eigenvalue weighted by Crippen LogP contribution is -2.35. The van der Waals surface area contributed by atoms with Crippen molar-refractivity contribution in [2.75, 3.05) is 0 Å². The van der Waals surface area contributed by atoms with E-state index in [9.17, 15) is 0 Å². The summed E-state index contributed by atoms with van der Waals surface area (Å²) in [6.07, 6.45) is 5.47. The highest BCUT2D eigenvalue weighted by molar-refractivity contribution is 5.63. The predicted octanol–water partition coefficient (Wildman–Crippen LogP) is 5.37. The first kappa shape index (κ1) is 16.8. The number of hydrogen-bond acceptors (Lipinski definition) is 1. The molecule has 2 N–H and O–H groups in total. The zero-order chi connectivity index (χ0) is 16.0. The third kappa shape index (κ3) is 4.71. The van der Waals surface area contributed by atoms with Crippen molar-refractivity contribution in [2.24, 2.45) is 5.73 Å². The highest BCUT2D eigenvalue weighted by Gasteiger charge is 2.14. The SMILES string of the molecule is CCCc1ccc(-c2ccc(CCC(C)(N)CC)cc2)cc1. The lowest BCUT2D eigenvalue weighted by atomic mass is 9.91. The maximum Gasteiger partial charge on any atom is 0.0126 e. The van der Waals surface area contributed by atoms with Crippen LogP contribution in [0.4, 0.5) is 0 Å². The maximum atomic E-state index is 6.22. The van der Waals surface area contributed by atoms with Crippen LogP contribution in [-0.4, -0.2) is 5.54 Å². The van der Waals surface area contributed by atoms with Crippen molar-refractivity contribution >= 4 is 0 Å². The highest BCUT2D eigenvalue weighted by atomic mass is 14.7. The van der Waals surface area contributed by atoms with Crippen LogP contribution >= 0.6 is 0 Å². The first-order chi connectivity index (χ1) is 10.5. The maximum absolute atomic E-state index is 6.22. The Morgan fingerprint density at radius 2 is 1.23 bits per heavy atom. The second kappa shape index (κ2) is 7.60. The van der Waals surface area contributed by atoms with Gasteiger partial charge in [0.05, 0.1) is 0 Å². The van der Waals surface area contributed by atoms with E-state index in [1.807, 2.05) is 0 Å². The fourth-order valence-corrected chi connectivity index (χ4v) is 2.62. The summed E-state index contributed by atoms with van der Waals surface area (Å²) in [4.78, 5) is 0. The van der Waals surface area contributed by atoms with Crippen molar-refractivity contribution in [1.82, 2.24) is 0 Å². The predicted molar refractivity (Wildman–Crippen MR) is 97.1 cm³/mol. The second-order valence-corrected chi connectivity index (χ2v) is 6.65. The Balaban J connectivity index is 2.02. The summed E-state index contributed by atoms with van der Waals surface area (Å²) < 4.78 is 0. The summed E-state index contributed by atoms with van der Waals surface area (Å²) in [6.45, 7) is 6.52. The first-order valence-electron chi connectivity index (χ1n) is 8.51. The quantitative estimate of drug-likeness (QED) is 0.730. The first-order valence-corrected chi connectivity index (χ1v) is 8.51. The van der Waals surface area contributed by atoms with Crippen LogP contribution in [0.3, 0.4) is 0 Å². The van der Waals surface area contributed by atoms with Gasteiger partial charge in [0.1, 0.15) is 0 Å². The topological polar surface area (TPSA) is 26.0 Å². The van der Waals surface area contributed by atoms with Crippen LogP contribution < -0.4 is 5.73 Å². The molecule has 1 nitrogen and oxygen atoms in total. The van der Waals surface area contributed by atoms with Crippen LogP contribution in [0, 0.1) is 0 Å². The van der Waals surface area contributed by atoms with E-state index in [0.717, 1.165) is 25.7 Å². The Bertz CT molecular complexity index is 564. The summed E-state index contributed by atoms with van der Waals surface area (Å²) in [5, 5.41) is 0. The average molecular weight is 295 g/mol. The molecule has 2 aromatic rings. The van der Waals surface area contributed by atoms with Gasteiger partial charge in [0.25, 0.3) is 0 Å². The van der Waals surface area contributed by atoms with E-state index in [1.54, 1.807) is 0 Å². The number of nitrogens with two attached hydrogens (primary N) is 1. The van der Waals surface area contributed by atoms with Gasteiger partial charge in [0, 0.05) is 5.54 Å². The third-order valence-corrected chi connectivity index (χ3v) is 4.57. The Hall–Kier alpha value is -1.60. The highest BCUT2D eigenvalue weighted by Crippen LogP contribution is 2.22. The molecule has 0 heterocycles. The van der Waals surface area contributed by atoms with Crippen molar-refractivity contribution in [3.05, 3.63) is 59.7 Å². The normalized spacial score (nSPS) is 13.8. The van der Waals surface area contributed by atoms with Gasteiger partial charge in [0.15, 0.2) is 0 Å². The van der Waals surface area contributed by atoms with E-state index in [1.165, 1.54) is 28.7 Å². The van der Waals surface area contributed by atoms with Crippen molar-refractivity contribution in [3.63, 3.8) is 0 Å². The summed E-state index contributed by atoms with van der Waals surface area (Å²) in [7, 11) is 0. The van der Waals surface area contributed by atoms with Crippen molar-refractivity contribution in [3.8, 4) is 11.1 Å². The molecule has 0 radical (unpaired) electrons. The Labute approximate surface area is 135 Å². The molecule has 0 amide bonds.